The number of ether oxygens (including phenoxy) is 1. The summed E-state index contributed by atoms with van der Waals surface area (Å²) in [5.74, 6) is -1.38. The first-order valence-corrected chi connectivity index (χ1v) is 11.2. The van der Waals surface area contributed by atoms with Gasteiger partial charge in [0.1, 0.15) is 10.6 Å². The van der Waals surface area contributed by atoms with Crippen LogP contribution in [0.5, 0.6) is 5.75 Å². The Bertz CT molecular complexity index is 1080. The van der Waals surface area contributed by atoms with Crippen LogP contribution in [-0.2, 0) is 21.0 Å². The average Bonchev–Trinajstić information content (AvgIpc) is 2.73. The molecular weight excluding hydrogens is 457 g/mol. The maximum atomic E-state index is 13.2. The maximum absolute atomic E-state index is 13.2. The third kappa shape index (κ3) is 5.13. The van der Waals surface area contributed by atoms with Gasteiger partial charge in [-0.25, -0.2) is 8.42 Å². The van der Waals surface area contributed by atoms with Crippen LogP contribution in [0.25, 0.3) is 0 Å². The van der Waals surface area contributed by atoms with Gasteiger partial charge in [-0.1, -0.05) is 23.7 Å². The summed E-state index contributed by atoms with van der Waals surface area (Å²) in [5, 5.41) is 2.51. The minimum Gasteiger partial charge on any atom is -0.495 e. The van der Waals surface area contributed by atoms with Crippen LogP contribution >= 0.6 is 11.6 Å². The topological polar surface area (TPSA) is 75.7 Å². The highest BCUT2D eigenvalue weighted by atomic mass is 35.5. The van der Waals surface area contributed by atoms with E-state index in [1.807, 2.05) is 0 Å². The van der Waals surface area contributed by atoms with Gasteiger partial charge in [0, 0.05) is 18.1 Å². The summed E-state index contributed by atoms with van der Waals surface area (Å²) in [4.78, 5) is 12.6. The lowest BCUT2D eigenvalue weighted by Gasteiger charge is -2.31. The van der Waals surface area contributed by atoms with E-state index in [-0.39, 0.29) is 34.4 Å². The molecule has 0 spiro atoms. The Hall–Kier alpha value is -2.30. The van der Waals surface area contributed by atoms with Gasteiger partial charge in [-0.2, -0.15) is 17.5 Å². The smallest absolute Gasteiger partial charge is 0.418 e. The van der Waals surface area contributed by atoms with Crippen molar-refractivity contribution in [1.82, 2.24) is 4.31 Å². The molecule has 1 atom stereocenters. The van der Waals surface area contributed by atoms with E-state index >= 15 is 0 Å². The number of sulfonamides is 1. The molecule has 1 aliphatic rings. The molecule has 11 heteroatoms. The Morgan fingerprint density at radius 3 is 2.61 bits per heavy atom. The Morgan fingerprint density at radius 1 is 1.23 bits per heavy atom. The molecule has 2 aromatic carbocycles. The molecule has 0 saturated carbocycles. The molecule has 0 radical (unpaired) electrons. The molecule has 1 aliphatic heterocycles. The lowest BCUT2D eigenvalue weighted by molar-refractivity contribution is -0.137. The number of carbonyl (C=O) groups excluding carboxylic acids is 1. The van der Waals surface area contributed by atoms with Crippen molar-refractivity contribution in [2.45, 2.75) is 23.9 Å². The molecule has 1 heterocycles. The van der Waals surface area contributed by atoms with Crippen LogP contribution < -0.4 is 10.1 Å². The summed E-state index contributed by atoms with van der Waals surface area (Å²) in [6.45, 7) is -0.00105. The largest absolute Gasteiger partial charge is 0.495 e. The third-order valence-electron chi connectivity index (χ3n) is 4.99. The third-order valence-corrected chi connectivity index (χ3v) is 7.11. The zero-order valence-electron chi connectivity index (χ0n) is 16.4. The second-order valence-electron chi connectivity index (χ2n) is 7.03. The molecule has 6 nitrogen and oxygen atoms in total. The summed E-state index contributed by atoms with van der Waals surface area (Å²) in [7, 11) is -2.71. The molecule has 0 aromatic heterocycles. The van der Waals surface area contributed by atoms with Crippen LogP contribution in [0.3, 0.4) is 0 Å². The standard InChI is InChI=1S/C20H20ClF3N2O4S/c1-30-17-9-8-14(21)11-18(17)31(28,29)26-10-4-5-13(12-26)19(27)25-16-7-3-2-6-15(16)20(22,23)24/h2-3,6-9,11,13H,4-5,10,12H2,1H3,(H,25,27)/t13-/m1/s1. The zero-order chi connectivity index (χ0) is 22.8. The molecule has 0 unspecified atom stereocenters. The summed E-state index contributed by atoms with van der Waals surface area (Å²) in [5.41, 5.74) is -1.33. The van der Waals surface area contributed by atoms with E-state index in [1.54, 1.807) is 0 Å². The van der Waals surface area contributed by atoms with Gasteiger partial charge in [0.15, 0.2) is 0 Å². The average molecular weight is 477 g/mol. The number of rotatable bonds is 5. The van der Waals surface area contributed by atoms with Crippen LogP contribution in [-0.4, -0.2) is 38.8 Å². The highest BCUT2D eigenvalue weighted by Crippen LogP contribution is 2.36. The molecule has 0 bridgehead atoms. The first kappa shape index (κ1) is 23.4. The van der Waals surface area contributed by atoms with Gasteiger partial charge in [0.2, 0.25) is 15.9 Å². The van der Waals surface area contributed by atoms with E-state index in [2.05, 4.69) is 5.32 Å². The van der Waals surface area contributed by atoms with Crippen LogP contribution in [0.15, 0.2) is 47.4 Å². The Labute approximate surface area is 183 Å². The van der Waals surface area contributed by atoms with Gasteiger partial charge in [-0.15, -0.1) is 0 Å². The molecular formula is C20H20ClF3N2O4S. The van der Waals surface area contributed by atoms with Crippen LogP contribution in [0.4, 0.5) is 18.9 Å². The van der Waals surface area contributed by atoms with E-state index in [9.17, 15) is 26.4 Å². The SMILES string of the molecule is COc1ccc(Cl)cc1S(=O)(=O)N1CCC[C@@H](C(=O)Nc2ccccc2C(F)(F)F)C1. The molecule has 1 saturated heterocycles. The molecule has 31 heavy (non-hydrogen) atoms. The monoisotopic (exact) mass is 476 g/mol. The van der Waals surface area contributed by atoms with Crippen molar-refractivity contribution in [3.63, 3.8) is 0 Å². The van der Waals surface area contributed by atoms with Crippen molar-refractivity contribution >= 4 is 33.2 Å². The quantitative estimate of drug-likeness (QED) is 0.693. The molecule has 1 amide bonds. The maximum Gasteiger partial charge on any atom is 0.418 e. The summed E-state index contributed by atoms with van der Waals surface area (Å²) in [6.07, 6.45) is -3.91. The Morgan fingerprint density at radius 2 is 1.94 bits per heavy atom. The van der Waals surface area contributed by atoms with Crippen molar-refractivity contribution < 1.29 is 31.1 Å². The number of hydrogen-bond acceptors (Lipinski definition) is 4. The van der Waals surface area contributed by atoms with E-state index in [0.29, 0.717) is 12.8 Å². The molecule has 1 fully saturated rings. The summed E-state index contributed by atoms with van der Waals surface area (Å²) < 4.78 is 72.1. The normalized spacial score (nSPS) is 17.9. The van der Waals surface area contributed by atoms with Gasteiger partial charge < -0.3 is 10.1 Å². The number of amides is 1. The number of nitrogens with zero attached hydrogens (tertiary/aromatic N) is 1. The number of carbonyl (C=O) groups is 1. The van der Waals surface area contributed by atoms with Gasteiger partial charge >= 0.3 is 6.18 Å². The fourth-order valence-electron chi connectivity index (χ4n) is 3.44. The fraction of sp³-hybridized carbons (Fsp3) is 0.350. The van der Waals surface area contributed by atoms with Crippen LogP contribution in [0, 0.1) is 5.92 Å². The Kier molecular flexibility index (Phi) is 6.82. The van der Waals surface area contributed by atoms with Gasteiger partial charge in [0.25, 0.3) is 0 Å². The molecule has 168 valence electrons. The van der Waals surface area contributed by atoms with Gasteiger partial charge in [-0.05, 0) is 43.2 Å². The van der Waals surface area contributed by atoms with E-state index in [1.165, 1.54) is 37.4 Å². The van der Waals surface area contributed by atoms with E-state index < -0.39 is 33.6 Å². The number of benzene rings is 2. The zero-order valence-corrected chi connectivity index (χ0v) is 18.0. The number of hydrogen-bond donors (Lipinski definition) is 1. The first-order chi connectivity index (χ1) is 14.5. The number of alkyl halides is 3. The highest BCUT2D eigenvalue weighted by Gasteiger charge is 2.37. The Balaban J connectivity index is 1.81. The van der Waals surface area contributed by atoms with Crippen LogP contribution in [0.1, 0.15) is 18.4 Å². The molecule has 2 aromatic rings. The second-order valence-corrected chi connectivity index (χ2v) is 9.37. The molecule has 0 aliphatic carbocycles. The van der Waals surface area contributed by atoms with Crippen LogP contribution in [0.2, 0.25) is 5.02 Å². The second kappa shape index (κ2) is 9.05. The minimum absolute atomic E-state index is 0.107. The van der Waals surface area contributed by atoms with Crippen molar-refractivity contribution in [3.8, 4) is 5.75 Å². The van der Waals surface area contributed by atoms with Crippen molar-refractivity contribution in [1.29, 1.82) is 0 Å². The fourth-order valence-corrected chi connectivity index (χ4v) is 5.38. The van der Waals surface area contributed by atoms with Gasteiger partial charge in [0.05, 0.1) is 24.3 Å². The van der Waals surface area contributed by atoms with Gasteiger partial charge in [-0.3, -0.25) is 4.79 Å². The lowest BCUT2D eigenvalue weighted by atomic mass is 9.98. The number of halogens is 4. The number of nitrogens with one attached hydrogen (secondary N) is 1. The number of para-hydroxylation sites is 1. The molecule has 1 N–H and O–H groups in total. The molecule has 3 rings (SSSR count). The lowest BCUT2D eigenvalue weighted by Crippen LogP contribution is -2.43. The predicted octanol–water partition coefficient (Wildman–Crippen LogP) is 4.41. The number of piperidine rings is 1. The summed E-state index contributed by atoms with van der Waals surface area (Å²) >= 11 is 5.95. The van der Waals surface area contributed by atoms with E-state index in [4.69, 9.17) is 16.3 Å². The number of methoxy groups -OCH3 is 1. The number of anilines is 1. The van der Waals surface area contributed by atoms with Crippen molar-refractivity contribution in [2.75, 3.05) is 25.5 Å². The van der Waals surface area contributed by atoms with Crippen molar-refractivity contribution in [3.05, 3.63) is 53.1 Å². The first-order valence-electron chi connectivity index (χ1n) is 9.35. The predicted molar refractivity (Wildman–Crippen MR) is 110 cm³/mol. The minimum atomic E-state index is -4.63. The highest BCUT2D eigenvalue weighted by molar-refractivity contribution is 7.89. The van der Waals surface area contributed by atoms with E-state index in [0.717, 1.165) is 16.4 Å². The summed E-state index contributed by atoms with van der Waals surface area (Å²) in [6, 6.07) is 8.83. The van der Waals surface area contributed by atoms with Crippen molar-refractivity contribution in [2.24, 2.45) is 5.92 Å².